The van der Waals surface area contributed by atoms with Gasteiger partial charge in [0, 0.05) is 38.1 Å². The topological polar surface area (TPSA) is 91.1 Å². The maximum absolute atomic E-state index is 13.9. The van der Waals surface area contributed by atoms with Gasteiger partial charge in [0.15, 0.2) is 0 Å². The predicted octanol–water partition coefficient (Wildman–Crippen LogP) is 5.17. The molecule has 1 aliphatic heterocycles. The third kappa shape index (κ3) is 8.17. The highest BCUT2D eigenvalue weighted by Crippen LogP contribution is 2.33. The predicted molar refractivity (Wildman–Crippen MR) is 123 cm³/mol. The molecule has 1 aliphatic rings. The van der Waals surface area contributed by atoms with Crippen molar-refractivity contribution in [1.29, 1.82) is 0 Å². The quantitative estimate of drug-likeness (QED) is 0.238. The van der Waals surface area contributed by atoms with E-state index in [-0.39, 0.29) is 43.0 Å². The minimum atomic E-state index is -4.80. The van der Waals surface area contributed by atoms with Crippen molar-refractivity contribution in [2.75, 3.05) is 39.5 Å². The van der Waals surface area contributed by atoms with Gasteiger partial charge in [0.2, 0.25) is 5.89 Å². The molecule has 0 bridgehead atoms. The van der Waals surface area contributed by atoms with Crippen LogP contribution in [0.5, 0.6) is 0 Å². The number of esters is 1. The average Bonchev–Trinajstić information content (AvgIpc) is 3.21. The summed E-state index contributed by atoms with van der Waals surface area (Å²) in [5.41, 5.74) is -0.851. The second kappa shape index (κ2) is 12.9. The molecule has 1 aromatic heterocycles. The van der Waals surface area contributed by atoms with Gasteiger partial charge in [0.25, 0.3) is 0 Å². The number of hydrogen-bond donors (Lipinski definition) is 0. The van der Waals surface area contributed by atoms with Gasteiger partial charge in [0.1, 0.15) is 18.2 Å². The minimum Gasteiger partial charge on any atom is -0.463 e. The zero-order valence-corrected chi connectivity index (χ0v) is 20.7. The highest BCUT2D eigenvalue weighted by molar-refractivity contribution is 5.70. The lowest BCUT2D eigenvalue weighted by Gasteiger charge is -2.30. The Bertz CT molecular complexity index is 1060. The summed E-state index contributed by atoms with van der Waals surface area (Å²) >= 11 is 0. The molecule has 0 aliphatic carbocycles. The number of ether oxygens (including phenoxy) is 3. The summed E-state index contributed by atoms with van der Waals surface area (Å²) in [6.07, 6.45) is -3.45. The van der Waals surface area contributed by atoms with Crippen LogP contribution >= 0.6 is 0 Å². The van der Waals surface area contributed by atoms with Crippen molar-refractivity contribution in [3.63, 3.8) is 0 Å². The van der Waals surface area contributed by atoms with Gasteiger partial charge in [-0.05, 0) is 50.8 Å². The van der Waals surface area contributed by atoms with Crippen LogP contribution in [-0.4, -0.2) is 61.5 Å². The Morgan fingerprint density at radius 2 is 1.86 bits per heavy atom. The molecule has 2 heterocycles. The van der Waals surface area contributed by atoms with Crippen LogP contribution in [-0.2, 0) is 31.6 Å². The molecule has 37 heavy (non-hydrogen) atoms. The number of carbonyl (C=O) groups excluding carboxylic acids is 2. The first-order valence-electron chi connectivity index (χ1n) is 12.1. The Balaban J connectivity index is 1.42. The van der Waals surface area contributed by atoms with Gasteiger partial charge >= 0.3 is 18.2 Å². The number of hydrogen-bond acceptors (Lipinski definition) is 7. The van der Waals surface area contributed by atoms with Crippen molar-refractivity contribution in [2.45, 2.75) is 45.7 Å². The van der Waals surface area contributed by atoms with E-state index >= 15 is 0 Å². The number of likely N-dealkylation sites (tertiary alicyclic amines) is 1. The van der Waals surface area contributed by atoms with Crippen molar-refractivity contribution in [1.82, 2.24) is 9.88 Å². The molecule has 0 saturated carbocycles. The van der Waals surface area contributed by atoms with Crippen LogP contribution < -0.4 is 0 Å². The van der Waals surface area contributed by atoms with Crippen LogP contribution in [0, 0.1) is 18.7 Å². The SMILES string of the molecule is CCOCCOC(=O)CC1CCN(C(=O)OCCc2nc(-c3ccc(C(F)(F)F)c(F)c3)oc2C)CC1. The standard InChI is InChI=1S/C25H30F4N2O6/c1-3-34-12-13-35-22(32)14-17-6-9-31(10-7-17)24(33)36-11-8-21-16(2)37-23(30-21)18-4-5-19(20(26)15-18)25(27,28)29/h4-5,15,17H,3,6-14H2,1-2H3. The summed E-state index contributed by atoms with van der Waals surface area (Å²) in [5.74, 6) is -1.19. The maximum Gasteiger partial charge on any atom is 0.419 e. The zero-order chi connectivity index (χ0) is 27.0. The van der Waals surface area contributed by atoms with Crippen molar-refractivity contribution in [3.05, 3.63) is 41.0 Å². The van der Waals surface area contributed by atoms with Crippen LogP contribution in [0.1, 0.15) is 43.2 Å². The van der Waals surface area contributed by atoms with E-state index in [4.69, 9.17) is 18.6 Å². The Kier molecular flexibility index (Phi) is 9.90. The maximum atomic E-state index is 13.9. The number of rotatable bonds is 10. The van der Waals surface area contributed by atoms with Gasteiger partial charge in [-0.2, -0.15) is 13.2 Å². The molecule has 1 amide bonds. The molecule has 204 valence electrons. The zero-order valence-electron chi connectivity index (χ0n) is 20.7. The monoisotopic (exact) mass is 530 g/mol. The molecule has 0 spiro atoms. The largest absolute Gasteiger partial charge is 0.463 e. The average molecular weight is 531 g/mol. The number of halogens is 4. The summed E-state index contributed by atoms with van der Waals surface area (Å²) in [7, 11) is 0. The highest BCUT2D eigenvalue weighted by atomic mass is 19.4. The van der Waals surface area contributed by atoms with Crippen LogP contribution in [0.3, 0.4) is 0 Å². The number of alkyl halides is 3. The molecular formula is C25H30F4N2O6. The third-order valence-electron chi connectivity index (χ3n) is 6.00. The Hall–Kier alpha value is -3.15. The summed E-state index contributed by atoms with van der Waals surface area (Å²) in [5, 5.41) is 0. The molecule has 2 aromatic rings. The van der Waals surface area contributed by atoms with Crippen LogP contribution in [0.2, 0.25) is 0 Å². The van der Waals surface area contributed by atoms with Crippen LogP contribution in [0.4, 0.5) is 22.4 Å². The van der Waals surface area contributed by atoms with E-state index in [9.17, 15) is 27.2 Å². The molecule has 1 saturated heterocycles. The first-order valence-corrected chi connectivity index (χ1v) is 12.1. The molecule has 8 nitrogen and oxygen atoms in total. The smallest absolute Gasteiger partial charge is 0.419 e. The number of carbonyl (C=O) groups is 2. The summed E-state index contributed by atoms with van der Waals surface area (Å²) < 4.78 is 73.3. The Morgan fingerprint density at radius 3 is 2.51 bits per heavy atom. The second-order valence-electron chi connectivity index (χ2n) is 8.63. The molecule has 0 N–H and O–H groups in total. The molecule has 1 aromatic carbocycles. The van der Waals surface area contributed by atoms with E-state index in [0.29, 0.717) is 63.1 Å². The molecule has 12 heteroatoms. The number of amides is 1. The molecule has 1 fully saturated rings. The number of benzene rings is 1. The normalized spacial score (nSPS) is 14.6. The lowest BCUT2D eigenvalue weighted by Crippen LogP contribution is -2.39. The minimum absolute atomic E-state index is 0.0130. The van der Waals surface area contributed by atoms with Crippen LogP contribution in [0.25, 0.3) is 11.5 Å². The van der Waals surface area contributed by atoms with Crippen molar-refractivity contribution in [2.24, 2.45) is 5.92 Å². The molecule has 0 radical (unpaired) electrons. The fourth-order valence-electron chi connectivity index (χ4n) is 3.96. The van der Waals surface area contributed by atoms with E-state index in [1.807, 2.05) is 6.92 Å². The number of oxazole rings is 1. The van der Waals surface area contributed by atoms with Gasteiger partial charge < -0.3 is 23.5 Å². The number of aryl methyl sites for hydroxylation is 1. The number of nitrogens with zero attached hydrogens (tertiary/aromatic N) is 2. The fraction of sp³-hybridized carbons (Fsp3) is 0.560. The summed E-state index contributed by atoms with van der Waals surface area (Å²) in [6, 6.07) is 2.45. The van der Waals surface area contributed by atoms with Crippen molar-refractivity contribution < 1.29 is 45.8 Å². The van der Waals surface area contributed by atoms with E-state index in [2.05, 4.69) is 4.98 Å². The van der Waals surface area contributed by atoms with Crippen molar-refractivity contribution >= 4 is 12.1 Å². The first-order chi connectivity index (χ1) is 17.6. The summed E-state index contributed by atoms with van der Waals surface area (Å²) in [6.45, 7) is 5.57. The Labute approximate surface area is 211 Å². The highest BCUT2D eigenvalue weighted by Gasteiger charge is 2.34. The Morgan fingerprint density at radius 1 is 1.14 bits per heavy atom. The van der Waals surface area contributed by atoms with Crippen molar-refractivity contribution in [3.8, 4) is 11.5 Å². The number of aromatic nitrogens is 1. The van der Waals surface area contributed by atoms with Crippen LogP contribution in [0.15, 0.2) is 22.6 Å². The number of piperidine rings is 1. The van der Waals surface area contributed by atoms with Gasteiger partial charge in [-0.3, -0.25) is 4.79 Å². The van der Waals surface area contributed by atoms with E-state index in [0.717, 1.165) is 12.1 Å². The molecule has 3 rings (SSSR count). The summed E-state index contributed by atoms with van der Waals surface area (Å²) in [4.78, 5) is 30.1. The van der Waals surface area contributed by atoms with Gasteiger partial charge in [0.05, 0.1) is 24.5 Å². The second-order valence-corrected chi connectivity index (χ2v) is 8.63. The fourth-order valence-corrected chi connectivity index (χ4v) is 3.96. The lowest BCUT2D eigenvalue weighted by atomic mass is 9.94. The third-order valence-corrected chi connectivity index (χ3v) is 6.00. The van der Waals surface area contributed by atoms with Gasteiger partial charge in [-0.25, -0.2) is 14.2 Å². The first kappa shape index (κ1) is 28.4. The van der Waals surface area contributed by atoms with E-state index in [1.165, 1.54) is 0 Å². The molecular weight excluding hydrogens is 500 g/mol. The van der Waals surface area contributed by atoms with Gasteiger partial charge in [-0.1, -0.05) is 0 Å². The van der Waals surface area contributed by atoms with E-state index in [1.54, 1.807) is 11.8 Å². The molecule has 0 unspecified atom stereocenters. The van der Waals surface area contributed by atoms with E-state index < -0.39 is 23.7 Å². The molecule has 0 atom stereocenters. The van der Waals surface area contributed by atoms with Gasteiger partial charge in [-0.15, -0.1) is 0 Å². The lowest BCUT2D eigenvalue weighted by molar-refractivity contribution is -0.146.